The van der Waals surface area contributed by atoms with Crippen LogP contribution in [0.15, 0.2) is 0 Å². The fourth-order valence-electron chi connectivity index (χ4n) is 3.62. The van der Waals surface area contributed by atoms with Gasteiger partial charge in [-0.1, -0.05) is 0 Å². The number of likely N-dealkylation sites (tertiary alicyclic amines) is 1. The largest absolute Gasteiger partial charge is 0.378 e. The summed E-state index contributed by atoms with van der Waals surface area (Å²) < 4.78 is 17.3. The number of amides is 1. The highest BCUT2D eigenvalue weighted by Gasteiger charge is 2.50. The number of morpholine rings is 1. The minimum atomic E-state index is -0.791. The Bertz CT molecular complexity index is 395. The molecular formula is C15H26N2O4. The van der Waals surface area contributed by atoms with E-state index in [2.05, 4.69) is 11.9 Å². The molecule has 6 nitrogen and oxygen atoms in total. The van der Waals surface area contributed by atoms with Crippen LogP contribution in [0.25, 0.3) is 0 Å². The van der Waals surface area contributed by atoms with Gasteiger partial charge in [-0.25, -0.2) is 0 Å². The van der Waals surface area contributed by atoms with Crippen LogP contribution in [0.1, 0.15) is 20.3 Å². The van der Waals surface area contributed by atoms with Crippen LogP contribution in [-0.2, 0) is 19.0 Å². The third-order valence-electron chi connectivity index (χ3n) is 4.70. The van der Waals surface area contributed by atoms with Crippen molar-refractivity contribution in [2.24, 2.45) is 0 Å². The zero-order chi connectivity index (χ0) is 15.0. The predicted octanol–water partition coefficient (Wildman–Crippen LogP) is 0.112. The van der Waals surface area contributed by atoms with E-state index in [0.29, 0.717) is 32.2 Å². The number of carbonyl (C=O) groups excluding carboxylic acids is 1. The van der Waals surface area contributed by atoms with Crippen molar-refractivity contribution in [3.05, 3.63) is 0 Å². The first-order chi connectivity index (χ1) is 10.0. The second-order valence-electron chi connectivity index (χ2n) is 6.63. The molecule has 3 heterocycles. The molecule has 0 aromatic rings. The minimum Gasteiger partial charge on any atom is -0.378 e. The molecule has 21 heavy (non-hydrogen) atoms. The third-order valence-corrected chi connectivity index (χ3v) is 4.70. The number of hydrogen-bond acceptors (Lipinski definition) is 5. The Morgan fingerprint density at radius 2 is 2.14 bits per heavy atom. The number of rotatable bonds is 3. The highest BCUT2D eigenvalue weighted by molar-refractivity contribution is 5.86. The summed E-state index contributed by atoms with van der Waals surface area (Å²) in [6.07, 6.45) is 0.789. The van der Waals surface area contributed by atoms with E-state index < -0.39 is 5.60 Å². The SMILES string of the molecule is CC(C)OC1(C(=O)N2C[C@@H]3OCCN(C)[C@@H]3C2)CCOC1. The standard InChI is InChI=1S/C15H26N2O4/c1-11(2)21-15(4-6-19-10-15)14(18)17-8-12-13(9-17)20-7-5-16(12)3/h11-13H,4-10H2,1-3H3/t12-,13+,15?/m1/s1. The lowest BCUT2D eigenvalue weighted by Gasteiger charge is -2.34. The van der Waals surface area contributed by atoms with E-state index in [-0.39, 0.29) is 18.1 Å². The van der Waals surface area contributed by atoms with Crippen LogP contribution in [0.4, 0.5) is 0 Å². The van der Waals surface area contributed by atoms with Gasteiger partial charge < -0.3 is 19.1 Å². The van der Waals surface area contributed by atoms with Gasteiger partial charge in [0.25, 0.3) is 5.91 Å². The van der Waals surface area contributed by atoms with E-state index >= 15 is 0 Å². The first-order valence-corrected chi connectivity index (χ1v) is 7.89. The summed E-state index contributed by atoms with van der Waals surface area (Å²) in [7, 11) is 2.10. The molecule has 3 saturated heterocycles. The summed E-state index contributed by atoms with van der Waals surface area (Å²) >= 11 is 0. The maximum Gasteiger partial charge on any atom is 0.257 e. The van der Waals surface area contributed by atoms with Crippen molar-refractivity contribution >= 4 is 5.91 Å². The molecule has 0 radical (unpaired) electrons. The molecule has 0 aromatic heterocycles. The molecule has 0 spiro atoms. The Balaban J connectivity index is 1.72. The molecule has 6 heteroatoms. The van der Waals surface area contributed by atoms with E-state index in [0.717, 1.165) is 19.7 Å². The van der Waals surface area contributed by atoms with Crippen molar-refractivity contribution in [3.63, 3.8) is 0 Å². The first kappa shape index (κ1) is 15.2. The highest BCUT2D eigenvalue weighted by Crippen LogP contribution is 2.31. The lowest BCUT2D eigenvalue weighted by molar-refractivity contribution is -0.163. The number of fused-ring (bicyclic) bond motifs is 1. The molecule has 0 bridgehead atoms. The summed E-state index contributed by atoms with van der Waals surface area (Å²) in [5.74, 6) is 0.0695. The van der Waals surface area contributed by atoms with Gasteiger partial charge in [-0.15, -0.1) is 0 Å². The monoisotopic (exact) mass is 298 g/mol. The molecule has 0 aromatic carbocycles. The second kappa shape index (κ2) is 5.83. The normalized spacial score (nSPS) is 37.2. The zero-order valence-corrected chi connectivity index (χ0v) is 13.2. The quantitative estimate of drug-likeness (QED) is 0.740. The maximum absolute atomic E-state index is 13.0. The Labute approximate surface area is 126 Å². The van der Waals surface area contributed by atoms with Gasteiger partial charge in [0.1, 0.15) is 0 Å². The summed E-state index contributed by atoms with van der Waals surface area (Å²) in [6, 6.07) is 0.307. The van der Waals surface area contributed by atoms with Crippen LogP contribution in [0.5, 0.6) is 0 Å². The summed E-state index contributed by atoms with van der Waals surface area (Å²) in [4.78, 5) is 17.2. The molecule has 0 saturated carbocycles. The number of hydrogen-bond donors (Lipinski definition) is 0. The average molecular weight is 298 g/mol. The Hall–Kier alpha value is -0.690. The second-order valence-corrected chi connectivity index (χ2v) is 6.63. The maximum atomic E-state index is 13.0. The van der Waals surface area contributed by atoms with Crippen molar-refractivity contribution in [2.75, 3.05) is 46.5 Å². The van der Waals surface area contributed by atoms with Gasteiger partial charge in [0, 0.05) is 26.1 Å². The van der Waals surface area contributed by atoms with Crippen LogP contribution in [0.3, 0.4) is 0 Å². The zero-order valence-electron chi connectivity index (χ0n) is 13.2. The van der Waals surface area contributed by atoms with E-state index in [4.69, 9.17) is 14.2 Å². The summed E-state index contributed by atoms with van der Waals surface area (Å²) in [5.41, 5.74) is -0.791. The molecular weight excluding hydrogens is 272 g/mol. The predicted molar refractivity (Wildman–Crippen MR) is 77.1 cm³/mol. The average Bonchev–Trinajstić information content (AvgIpc) is 3.05. The molecule has 0 aliphatic carbocycles. The van der Waals surface area contributed by atoms with Crippen molar-refractivity contribution in [3.8, 4) is 0 Å². The smallest absolute Gasteiger partial charge is 0.257 e. The topological polar surface area (TPSA) is 51.2 Å². The molecule has 1 unspecified atom stereocenters. The molecule has 3 aliphatic heterocycles. The van der Waals surface area contributed by atoms with Gasteiger partial charge in [0.2, 0.25) is 0 Å². The molecule has 3 aliphatic rings. The minimum absolute atomic E-state index is 0.0134. The number of likely N-dealkylation sites (N-methyl/N-ethyl adjacent to an activating group) is 1. The van der Waals surface area contributed by atoms with Gasteiger partial charge in [-0.2, -0.15) is 0 Å². The van der Waals surface area contributed by atoms with E-state index in [1.165, 1.54) is 0 Å². The van der Waals surface area contributed by atoms with Crippen molar-refractivity contribution in [2.45, 2.75) is 44.1 Å². The fourth-order valence-corrected chi connectivity index (χ4v) is 3.62. The van der Waals surface area contributed by atoms with E-state index in [9.17, 15) is 4.79 Å². The number of nitrogens with zero attached hydrogens (tertiary/aromatic N) is 2. The van der Waals surface area contributed by atoms with Gasteiger partial charge >= 0.3 is 0 Å². The van der Waals surface area contributed by atoms with Gasteiger partial charge in [0.15, 0.2) is 5.60 Å². The summed E-state index contributed by atoms with van der Waals surface area (Å²) in [6.45, 7) is 7.96. The molecule has 1 amide bonds. The van der Waals surface area contributed by atoms with Crippen LogP contribution >= 0.6 is 0 Å². The lowest BCUT2D eigenvalue weighted by atomic mass is 10.0. The molecule has 3 fully saturated rings. The van der Waals surface area contributed by atoms with Crippen molar-refractivity contribution < 1.29 is 19.0 Å². The van der Waals surface area contributed by atoms with Gasteiger partial charge in [-0.05, 0) is 20.9 Å². The third kappa shape index (κ3) is 2.82. The van der Waals surface area contributed by atoms with E-state index in [1.807, 2.05) is 18.7 Å². The Morgan fingerprint density at radius 1 is 1.33 bits per heavy atom. The van der Waals surface area contributed by atoms with Crippen LogP contribution < -0.4 is 0 Å². The Morgan fingerprint density at radius 3 is 2.76 bits per heavy atom. The lowest BCUT2D eigenvalue weighted by Crippen LogP contribution is -2.52. The van der Waals surface area contributed by atoms with Crippen LogP contribution in [-0.4, -0.2) is 86.1 Å². The van der Waals surface area contributed by atoms with Crippen LogP contribution in [0.2, 0.25) is 0 Å². The van der Waals surface area contributed by atoms with Gasteiger partial charge in [0.05, 0.1) is 38.1 Å². The van der Waals surface area contributed by atoms with Gasteiger partial charge in [-0.3, -0.25) is 9.69 Å². The number of ether oxygens (including phenoxy) is 3. The molecule has 0 N–H and O–H groups in total. The first-order valence-electron chi connectivity index (χ1n) is 7.89. The fraction of sp³-hybridized carbons (Fsp3) is 0.933. The number of carbonyl (C=O) groups is 1. The highest BCUT2D eigenvalue weighted by atomic mass is 16.6. The van der Waals surface area contributed by atoms with E-state index in [1.54, 1.807) is 0 Å². The molecule has 3 rings (SSSR count). The van der Waals surface area contributed by atoms with Crippen molar-refractivity contribution in [1.29, 1.82) is 0 Å². The summed E-state index contributed by atoms with van der Waals surface area (Å²) in [5, 5.41) is 0. The molecule has 120 valence electrons. The van der Waals surface area contributed by atoms with Crippen molar-refractivity contribution in [1.82, 2.24) is 9.80 Å². The van der Waals surface area contributed by atoms with Crippen LogP contribution in [0, 0.1) is 0 Å². The molecule has 3 atom stereocenters. The Kier molecular flexibility index (Phi) is 4.23.